The molecule has 1 fully saturated rings. The number of nitrogens with zero attached hydrogens (tertiary/aromatic N) is 1. The molecular formula is C13H17ClF2N2. The third-order valence-electron chi connectivity index (χ3n) is 3.68. The van der Waals surface area contributed by atoms with Crippen LogP contribution in [0.25, 0.3) is 0 Å². The van der Waals surface area contributed by atoms with Crippen molar-refractivity contribution in [2.75, 3.05) is 18.0 Å². The van der Waals surface area contributed by atoms with Crippen molar-refractivity contribution in [2.24, 2.45) is 0 Å². The summed E-state index contributed by atoms with van der Waals surface area (Å²) in [6.45, 7) is 2.74. The van der Waals surface area contributed by atoms with Gasteiger partial charge in [0, 0.05) is 44.7 Å². The third-order valence-corrected chi connectivity index (χ3v) is 3.68. The van der Waals surface area contributed by atoms with Gasteiger partial charge in [-0.1, -0.05) is 6.07 Å². The Labute approximate surface area is 112 Å². The summed E-state index contributed by atoms with van der Waals surface area (Å²) in [4.78, 5) is 2.07. The molecule has 0 aromatic heterocycles. The number of hydrogen-bond acceptors (Lipinski definition) is 2. The summed E-state index contributed by atoms with van der Waals surface area (Å²) in [6.07, 6.45) is -0.0509. The number of hydrogen-bond donors (Lipinski definition) is 1. The second-order valence-electron chi connectivity index (χ2n) is 4.90. The largest absolute Gasteiger partial charge is 0.371 e. The molecule has 5 heteroatoms. The number of alkyl halides is 2. The molecule has 18 heavy (non-hydrogen) atoms. The predicted molar refractivity (Wildman–Crippen MR) is 70.6 cm³/mol. The van der Waals surface area contributed by atoms with Crippen LogP contribution in [0.5, 0.6) is 0 Å². The summed E-state index contributed by atoms with van der Waals surface area (Å²) in [6, 6.07) is 6.30. The molecule has 1 saturated heterocycles. The molecule has 2 aliphatic rings. The van der Waals surface area contributed by atoms with Gasteiger partial charge in [0.1, 0.15) is 0 Å². The molecule has 0 saturated carbocycles. The Morgan fingerprint density at radius 2 is 1.72 bits per heavy atom. The van der Waals surface area contributed by atoms with Crippen molar-refractivity contribution in [3.63, 3.8) is 0 Å². The fraction of sp³-hybridized carbons (Fsp3) is 0.538. The Kier molecular flexibility index (Phi) is 3.78. The van der Waals surface area contributed by atoms with Gasteiger partial charge in [0.05, 0.1) is 0 Å². The zero-order valence-electron chi connectivity index (χ0n) is 10.1. The van der Waals surface area contributed by atoms with E-state index in [0.29, 0.717) is 13.1 Å². The van der Waals surface area contributed by atoms with Crippen molar-refractivity contribution in [3.05, 3.63) is 29.3 Å². The van der Waals surface area contributed by atoms with Gasteiger partial charge in [0.15, 0.2) is 0 Å². The number of halogens is 3. The van der Waals surface area contributed by atoms with E-state index in [9.17, 15) is 8.78 Å². The van der Waals surface area contributed by atoms with Gasteiger partial charge in [-0.3, -0.25) is 0 Å². The van der Waals surface area contributed by atoms with E-state index in [1.54, 1.807) is 0 Å². The summed E-state index contributed by atoms with van der Waals surface area (Å²) < 4.78 is 26.2. The fourth-order valence-corrected chi connectivity index (χ4v) is 2.57. The molecule has 0 spiro atoms. The van der Waals surface area contributed by atoms with Crippen LogP contribution >= 0.6 is 12.4 Å². The van der Waals surface area contributed by atoms with Crippen LogP contribution in [0.2, 0.25) is 0 Å². The number of anilines is 1. The highest BCUT2D eigenvalue weighted by atomic mass is 35.5. The van der Waals surface area contributed by atoms with E-state index >= 15 is 0 Å². The van der Waals surface area contributed by atoms with Gasteiger partial charge in [-0.25, -0.2) is 8.78 Å². The Balaban J connectivity index is 0.00000120. The van der Waals surface area contributed by atoms with Crippen LogP contribution in [-0.2, 0) is 13.1 Å². The van der Waals surface area contributed by atoms with E-state index in [0.717, 1.165) is 18.8 Å². The van der Waals surface area contributed by atoms with Gasteiger partial charge >= 0.3 is 0 Å². The SMILES string of the molecule is Cl.FC1(F)CCN(c2ccc3c(c2)CNC3)CC1. The van der Waals surface area contributed by atoms with Crippen LogP contribution in [0.3, 0.4) is 0 Å². The van der Waals surface area contributed by atoms with Crippen LogP contribution in [0, 0.1) is 0 Å². The van der Waals surface area contributed by atoms with E-state index in [-0.39, 0.29) is 25.2 Å². The van der Waals surface area contributed by atoms with Gasteiger partial charge < -0.3 is 10.2 Å². The Bertz CT molecular complexity index is 427. The maximum atomic E-state index is 13.1. The van der Waals surface area contributed by atoms with E-state index in [1.165, 1.54) is 11.1 Å². The number of benzene rings is 1. The summed E-state index contributed by atoms with van der Waals surface area (Å²) in [5.41, 5.74) is 3.72. The number of nitrogens with one attached hydrogen (secondary N) is 1. The molecule has 0 bridgehead atoms. The second kappa shape index (κ2) is 5.02. The topological polar surface area (TPSA) is 15.3 Å². The lowest BCUT2D eigenvalue weighted by atomic mass is 10.0. The van der Waals surface area contributed by atoms with Crippen LogP contribution in [0.4, 0.5) is 14.5 Å². The summed E-state index contributed by atoms with van der Waals surface area (Å²) in [5, 5.41) is 3.29. The zero-order chi connectivity index (χ0) is 11.9. The average Bonchev–Trinajstić information content (AvgIpc) is 2.76. The molecule has 0 unspecified atom stereocenters. The van der Waals surface area contributed by atoms with Crippen LogP contribution < -0.4 is 10.2 Å². The van der Waals surface area contributed by atoms with Gasteiger partial charge in [0.2, 0.25) is 0 Å². The third kappa shape index (κ3) is 2.59. The second-order valence-corrected chi connectivity index (χ2v) is 4.90. The monoisotopic (exact) mass is 274 g/mol. The first-order valence-electron chi connectivity index (χ1n) is 6.09. The van der Waals surface area contributed by atoms with E-state index in [4.69, 9.17) is 0 Å². The molecular weight excluding hydrogens is 258 g/mol. The van der Waals surface area contributed by atoms with Crippen molar-refractivity contribution >= 4 is 18.1 Å². The first kappa shape index (κ1) is 13.6. The molecule has 0 amide bonds. The van der Waals surface area contributed by atoms with Crippen molar-refractivity contribution in [1.29, 1.82) is 0 Å². The Hall–Kier alpha value is -0.870. The van der Waals surface area contributed by atoms with E-state index in [1.807, 2.05) is 0 Å². The van der Waals surface area contributed by atoms with E-state index < -0.39 is 5.92 Å². The van der Waals surface area contributed by atoms with Gasteiger partial charge in [0.25, 0.3) is 5.92 Å². The summed E-state index contributed by atoms with van der Waals surface area (Å²) >= 11 is 0. The highest BCUT2D eigenvalue weighted by Gasteiger charge is 2.34. The normalized spacial score (nSPS) is 21.3. The summed E-state index contributed by atoms with van der Waals surface area (Å²) in [5.74, 6) is -2.46. The van der Waals surface area contributed by atoms with Gasteiger partial charge in [-0.05, 0) is 23.3 Å². The minimum Gasteiger partial charge on any atom is -0.371 e. The smallest absolute Gasteiger partial charge is 0.251 e. The van der Waals surface area contributed by atoms with Crippen molar-refractivity contribution in [3.8, 4) is 0 Å². The van der Waals surface area contributed by atoms with Crippen molar-refractivity contribution in [1.82, 2.24) is 5.32 Å². The lowest BCUT2D eigenvalue weighted by Gasteiger charge is -2.33. The molecule has 0 radical (unpaired) electrons. The van der Waals surface area contributed by atoms with Crippen molar-refractivity contribution in [2.45, 2.75) is 31.9 Å². The molecule has 0 aliphatic carbocycles. The van der Waals surface area contributed by atoms with Gasteiger partial charge in [-0.2, -0.15) is 0 Å². The van der Waals surface area contributed by atoms with Crippen LogP contribution in [0.1, 0.15) is 24.0 Å². The highest BCUT2D eigenvalue weighted by Crippen LogP contribution is 2.31. The number of fused-ring (bicyclic) bond motifs is 1. The maximum absolute atomic E-state index is 13.1. The minimum atomic E-state index is -2.46. The Morgan fingerprint density at radius 3 is 2.44 bits per heavy atom. The zero-order valence-corrected chi connectivity index (χ0v) is 10.9. The lowest BCUT2D eigenvalue weighted by molar-refractivity contribution is -0.0220. The standard InChI is InChI=1S/C13H16F2N2.ClH/c14-13(15)3-5-17(6-4-13)12-2-1-10-8-16-9-11(10)7-12;/h1-2,7,16H,3-6,8-9H2;1H. The first-order chi connectivity index (χ1) is 8.14. The number of piperidine rings is 1. The fourth-order valence-electron chi connectivity index (χ4n) is 2.57. The number of rotatable bonds is 1. The van der Waals surface area contributed by atoms with Crippen molar-refractivity contribution < 1.29 is 8.78 Å². The molecule has 3 rings (SSSR count). The molecule has 1 aromatic carbocycles. The maximum Gasteiger partial charge on any atom is 0.251 e. The van der Waals surface area contributed by atoms with Gasteiger partial charge in [-0.15, -0.1) is 12.4 Å². The van der Waals surface area contributed by atoms with E-state index in [2.05, 4.69) is 28.4 Å². The lowest BCUT2D eigenvalue weighted by Crippen LogP contribution is -2.39. The molecule has 1 aromatic rings. The van der Waals surface area contributed by atoms with Crippen LogP contribution in [-0.4, -0.2) is 19.0 Å². The molecule has 100 valence electrons. The quantitative estimate of drug-likeness (QED) is 0.847. The molecule has 2 aliphatic heterocycles. The summed E-state index contributed by atoms with van der Waals surface area (Å²) in [7, 11) is 0. The molecule has 2 nitrogen and oxygen atoms in total. The molecule has 0 atom stereocenters. The first-order valence-corrected chi connectivity index (χ1v) is 6.09. The highest BCUT2D eigenvalue weighted by molar-refractivity contribution is 5.85. The van der Waals surface area contributed by atoms with Crippen LogP contribution in [0.15, 0.2) is 18.2 Å². The molecule has 1 N–H and O–H groups in total. The predicted octanol–water partition coefficient (Wildman–Crippen LogP) is 2.95. The Morgan fingerprint density at radius 1 is 1.06 bits per heavy atom. The average molecular weight is 275 g/mol. The molecule has 2 heterocycles. The minimum absolute atomic E-state index is 0.